The second kappa shape index (κ2) is 16.8. The minimum atomic E-state index is -0.515. The van der Waals surface area contributed by atoms with Gasteiger partial charge in [-0.3, -0.25) is 0 Å². The van der Waals surface area contributed by atoms with E-state index in [1.807, 2.05) is 13.8 Å². The zero-order valence-electron chi connectivity index (χ0n) is 19.3. The van der Waals surface area contributed by atoms with Gasteiger partial charge in [0.05, 0.1) is 13.2 Å². The number of esters is 2. The number of hydrogen-bond acceptors (Lipinski definition) is 5. The van der Waals surface area contributed by atoms with Crippen molar-refractivity contribution in [2.75, 3.05) is 13.2 Å². The summed E-state index contributed by atoms with van der Waals surface area (Å²) in [5.74, 6) is -0.756. The Labute approximate surface area is 183 Å². The van der Waals surface area contributed by atoms with Crippen LogP contribution in [-0.2, 0) is 9.47 Å². The Morgan fingerprint density at radius 3 is 1.73 bits per heavy atom. The van der Waals surface area contributed by atoms with Crippen LogP contribution >= 0.6 is 0 Å². The molecule has 0 aliphatic heterocycles. The lowest BCUT2D eigenvalue weighted by atomic mass is 10.1. The molecule has 0 radical (unpaired) electrons. The van der Waals surface area contributed by atoms with Crippen molar-refractivity contribution < 1.29 is 19.1 Å². The fourth-order valence-electron chi connectivity index (χ4n) is 3.16. The Bertz CT molecular complexity index is 601. The quantitative estimate of drug-likeness (QED) is 0.206. The van der Waals surface area contributed by atoms with Crippen LogP contribution in [0.2, 0.25) is 0 Å². The van der Waals surface area contributed by atoms with Gasteiger partial charge in [-0.15, -0.1) is 0 Å². The number of pyridine rings is 1. The lowest BCUT2D eigenvalue weighted by molar-refractivity contribution is 0.0450. The third kappa shape index (κ3) is 12.6. The number of rotatable bonds is 17. The number of carbonyl (C=O) groups is 2. The molecule has 5 heteroatoms. The van der Waals surface area contributed by atoms with E-state index in [9.17, 15) is 9.59 Å². The molecule has 0 saturated carbocycles. The molecular weight excluding hydrogens is 378 g/mol. The number of carbonyl (C=O) groups excluding carboxylic acids is 2. The van der Waals surface area contributed by atoms with Gasteiger partial charge in [0.15, 0.2) is 0 Å². The molecule has 1 heterocycles. The maximum absolute atomic E-state index is 12.2. The summed E-state index contributed by atoms with van der Waals surface area (Å²) in [6.07, 6.45) is 15.2. The molecule has 1 aromatic heterocycles. The molecule has 1 rings (SSSR count). The predicted octanol–water partition coefficient (Wildman–Crippen LogP) is 6.75. The van der Waals surface area contributed by atoms with E-state index < -0.39 is 11.9 Å². The normalized spacial score (nSPS) is 10.9. The molecular formula is C25H41NO4. The van der Waals surface area contributed by atoms with Gasteiger partial charge in [0, 0.05) is 0 Å². The van der Waals surface area contributed by atoms with E-state index in [1.165, 1.54) is 64.2 Å². The topological polar surface area (TPSA) is 65.5 Å². The summed E-state index contributed by atoms with van der Waals surface area (Å²) in [5.41, 5.74) is 0.281. The Balaban J connectivity index is 2.10. The number of hydrogen-bond donors (Lipinski definition) is 0. The Morgan fingerprint density at radius 1 is 0.767 bits per heavy atom. The summed E-state index contributed by atoms with van der Waals surface area (Å²) in [5, 5.41) is 0. The highest BCUT2D eigenvalue weighted by molar-refractivity contribution is 5.91. The van der Waals surface area contributed by atoms with Gasteiger partial charge in [-0.25, -0.2) is 14.6 Å². The van der Waals surface area contributed by atoms with Gasteiger partial charge >= 0.3 is 11.9 Å². The molecule has 1 aromatic rings. The molecule has 0 aliphatic carbocycles. The highest BCUT2D eigenvalue weighted by atomic mass is 16.5. The summed E-state index contributed by atoms with van der Waals surface area (Å²) in [4.78, 5) is 28.2. The van der Waals surface area contributed by atoms with E-state index >= 15 is 0 Å². The SMILES string of the molecule is CCCCCCCCCCCCCCOC(=O)c1cccc(C(=O)OCC(C)C)n1. The molecule has 0 fully saturated rings. The fourth-order valence-corrected chi connectivity index (χ4v) is 3.16. The predicted molar refractivity (Wildman–Crippen MR) is 121 cm³/mol. The van der Waals surface area contributed by atoms with Gasteiger partial charge in [0.25, 0.3) is 0 Å². The summed E-state index contributed by atoms with van der Waals surface area (Å²) >= 11 is 0. The molecule has 5 nitrogen and oxygen atoms in total. The van der Waals surface area contributed by atoms with Crippen molar-refractivity contribution in [3.8, 4) is 0 Å². The second-order valence-corrected chi connectivity index (χ2v) is 8.43. The molecule has 0 bridgehead atoms. The first kappa shape index (κ1) is 26.1. The highest BCUT2D eigenvalue weighted by Crippen LogP contribution is 2.12. The zero-order valence-corrected chi connectivity index (χ0v) is 19.3. The van der Waals surface area contributed by atoms with Crippen molar-refractivity contribution in [3.05, 3.63) is 29.6 Å². The molecule has 0 saturated heterocycles. The average Bonchev–Trinajstić information content (AvgIpc) is 2.75. The third-order valence-electron chi connectivity index (χ3n) is 4.95. The fraction of sp³-hybridized carbons (Fsp3) is 0.720. The van der Waals surface area contributed by atoms with Crippen LogP contribution in [0.4, 0.5) is 0 Å². The second-order valence-electron chi connectivity index (χ2n) is 8.43. The molecule has 30 heavy (non-hydrogen) atoms. The standard InChI is InChI=1S/C25H41NO4/c1-4-5-6-7-8-9-10-11-12-13-14-15-19-29-24(27)22-17-16-18-23(26-22)25(28)30-20-21(2)3/h16-18,21H,4-15,19-20H2,1-3H3. The Kier molecular flexibility index (Phi) is 14.7. The molecule has 0 amide bonds. The highest BCUT2D eigenvalue weighted by Gasteiger charge is 2.14. The van der Waals surface area contributed by atoms with Crippen LogP contribution in [0.5, 0.6) is 0 Å². The molecule has 0 atom stereocenters. The van der Waals surface area contributed by atoms with E-state index in [-0.39, 0.29) is 17.3 Å². The molecule has 170 valence electrons. The summed E-state index contributed by atoms with van der Waals surface area (Å²) in [6.45, 7) is 6.89. The van der Waals surface area contributed by atoms with Crippen molar-refractivity contribution in [2.45, 2.75) is 97.8 Å². The molecule has 0 N–H and O–H groups in total. The smallest absolute Gasteiger partial charge is 0.356 e. The zero-order chi connectivity index (χ0) is 22.0. The van der Waals surface area contributed by atoms with Crippen LogP contribution < -0.4 is 0 Å². The van der Waals surface area contributed by atoms with Gasteiger partial charge in [-0.05, 0) is 24.5 Å². The van der Waals surface area contributed by atoms with Gasteiger partial charge in [-0.2, -0.15) is 0 Å². The van der Waals surface area contributed by atoms with Crippen LogP contribution in [0.15, 0.2) is 18.2 Å². The number of aromatic nitrogens is 1. The first-order valence-corrected chi connectivity index (χ1v) is 11.9. The van der Waals surface area contributed by atoms with Gasteiger partial charge in [0.2, 0.25) is 0 Å². The molecule has 0 aliphatic rings. The molecule has 0 unspecified atom stereocenters. The Hall–Kier alpha value is -1.91. The minimum absolute atomic E-state index is 0.135. The van der Waals surface area contributed by atoms with Crippen molar-refractivity contribution in [3.63, 3.8) is 0 Å². The van der Waals surface area contributed by atoms with E-state index in [1.54, 1.807) is 18.2 Å². The minimum Gasteiger partial charge on any atom is -0.461 e. The van der Waals surface area contributed by atoms with Crippen LogP contribution in [-0.4, -0.2) is 30.1 Å². The third-order valence-corrected chi connectivity index (χ3v) is 4.95. The monoisotopic (exact) mass is 419 g/mol. The lowest BCUT2D eigenvalue weighted by Gasteiger charge is -2.08. The van der Waals surface area contributed by atoms with Crippen LogP contribution in [0.1, 0.15) is 119 Å². The first-order chi connectivity index (χ1) is 14.5. The van der Waals surface area contributed by atoms with E-state index in [0.717, 1.165) is 12.8 Å². The van der Waals surface area contributed by atoms with Crippen molar-refractivity contribution in [1.29, 1.82) is 0 Å². The average molecular weight is 420 g/mol. The van der Waals surface area contributed by atoms with Crippen LogP contribution in [0.3, 0.4) is 0 Å². The van der Waals surface area contributed by atoms with E-state index in [4.69, 9.17) is 9.47 Å². The van der Waals surface area contributed by atoms with E-state index in [0.29, 0.717) is 13.2 Å². The number of ether oxygens (including phenoxy) is 2. The van der Waals surface area contributed by atoms with E-state index in [2.05, 4.69) is 11.9 Å². The van der Waals surface area contributed by atoms with Crippen molar-refractivity contribution >= 4 is 11.9 Å². The van der Waals surface area contributed by atoms with Crippen molar-refractivity contribution in [1.82, 2.24) is 4.98 Å². The summed E-state index contributed by atoms with van der Waals surface area (Å²) in [7, 11) is 0. The number of unbranched alkanes of at least 4 members (excludes halogenated alkanes) is 11. The molecule has 0 spiro atoms. The van der Waals surface area contributed by atoms with Gasteiger partial charge < -0.3 is 9.47 Å². The van der Waals surface area contributed by atoms with Gasteiger partial charge in [0.1, 0.15) is 11.4 Å². The molecule has 0 aromatic carbocycles. The summed E-state index contributed by atoms with van der Waals surface area (Å²) in [6, 6.07) is 4.73. The maximum Gasteiger partial charge on any atom is 0.356 e. The lowest BCUT2D eigenvalue weighted by Crippen LogP contribution is -2.15. The maximum atomic E-state index is 12.2. The first-order valence-electron chi connectivity index (χ1n) is 11.9. The van der Waals surface area contributed by atoms with Crippen LogP contribution in [0.25, 0.3) is 0 Å². The summed E-state index contributed by atoms with van der Waals surface area (Å²) < 4.78 is 10.5. The van der Waals surface area contributed by atoms with Crippen molar-refractivity contribution in [2.24, 2.45) is 5.92 Å². The number of nitrogens with zero attached hydrogens (tertiary/aromatic N) is 1. The van der Waals surface area contributed by atoms with Gasteiger partial charge in [-0.1, -0.05) is 97.5 Å². The largest absolute Gasteiger partial charge is 0.461 e. The Morgan fingerprint density at radius 2 is 1.23 bits per heavy atom. The van der Waals surface area contributed by atoms with Crippen LogP contribution in [0, 0.1) is 5.92 Å².